The van der Waals surface area contributed by atoms with E-state index < -0.39 is 48.5 Å². The van der Waals surface area contributed by atoms with Crippen LogP contribution in [0.5, 0.6) is 11.5 Å². The molecule has 0 aliphatic heterocycles. The lowest BCUT2D eigenvalue weighted by atomic mass is 10.00. The van der Waals surface area contributed by atoms with Crippen LogP contribution < -0.4 is 14.8 Å². The Labute approximate surface area is 290 Å². The van der Waals surface area contributed by atoms with Gasteiger partial charge in [0.1, 0.15) is 23.7 Å². The van der Waals surface area contributed by atoms with Crippen LogP contribution in [0.1, 0.15) is 40.0 Å². The smallest absolute Gasteiger partial charge is 0.416 e. The maximum absolute atomic E-state index is 13.5. The van der Waals surface area contributed by atoms with Crippen molar-refractivity contribution < 1.29 is 46.9 Å². The van der Waals surface area contributed by atoms with E-state index in [1.807, 2.05) is 30.3 Å². The molecule has 2 amide bonds. The summed E-state index contributed by atoms with van der Waals surface area (Å²) >= 11 is 0. The van der Waals surface area contributed by atoms with Gasteiger partial charge >= 0.3 is 18.1 Å². The number of carbonyl (C=O) groups is 4. The van der Waals surface area contributed by atoms with Crippen LogP contribution in [0.25, 0.3) is 11.1 Å². The van der Waals surface area contributed by atoms with Crippen molar-refractivity contribution in [1.29, 1.82) is 0 Å². The number of carboxylic acid groups (broad SMARTS) is 1. The molecule has 0 atom stereocenters. The third kappa shape index (κ3) is 9.69. The van der Waals surface area contributed by atoms with Crippen molar-refractivity contribution in [2.24, 2.45) is 0 Å². The van der Waals surface area contributed by atoms with Gasteiger partial charge < -0.3 is 24.8 Å². The zero-order chi connectivity index (χ0) is 36.5. The lowest BCUT2D eigenvalue weighted by molar-refractivity contribution is -0.143. The first-order valence-electron chi connectivity index (χ1n) is 15.7. The number of allylic oxidation sites excluding steroid dienone is 3. The number of amides is 2. The summed E-state index contributed by atoms with van der Waals surface area (Å²) in [7, 11) is 1.24. The van der Waals surface area contributed by atoms with Gasteiger partial charge in [-0.25, -0.2) is 9.78 Å². The van der Waals surface area contributed by atoms with Crippen LogP contribution in [0.4, 0.5) is 13.2 Å². The first-order chi connectivity index (χ1) is 24.4. The Balaban J connectivity index is 1.19. The second-order valence-electron chi connectivity index (χ2n) is 11.5. The highest BCUT2D eigenvalue weighted by atomic mass is 19.4. The maximum atomic E-state index is 13.5. The lowest BCUT2D eigenvalue weighted by Crippen LogP contribution is -2.36. The van der Waals surface area contributed by atoms with Crippen molar-refractivity contribution >= 4 is 23.8 Å². The molecule has 4 aromatic rings. The predicted molar refractivity (Wildman–Crippen MR) is 179 cm³/mol. The molecule has 0 fully saturated rings. The van der Waals surface area contributed by atoms with Crippen LogP contribution in [0.2, 0.25) is 0 Å². The summed E-state index contributed by atoms with van der Waals surface area (Å²) in [5.41, 5.74) is 1.99. The van der Waals surface area contributed by atoms with Gasteiger partial charge in [-0.1, -0.05) is 60.7 Å². The predicted octanol–water partition coefficient (Wildman–Crippen LogP) is 6.37. The zero-order valence-electron chi connectivity index (χ0n) is 27.3. The summed E-state index contributed by atoms with van der Waals surface area (Å²) in [6.45, 7) is -0.649. The van der Waals surface area contributed by atoms with E-state index in [9.17, 15) is 37.5 Å². The van der Waals surface area contributed by atoms with E-state index in [2.05, 4.69) is 10.3 Å². The summed E-state index contributed by atoms with van der Waals surface area (Å²) in [6.07, 6.45) is -0.355. The molecule has 1 aliphatic rings. The Morgan fingerprint density at radius 1 is 0.882 bits per heavy atom. The van der Waals surface area contributed by atoms with Crippen LogP contribution in [0.15, 0.2) is 115 Å². The maximum Gasteiger partial charge on any atom is 0.416 e. The number of carboxylic acids is 1. The fraction of sp³-hybridized carbons (Fsp3) is 0.184. The second-order valence-corrected chi connectivity index (χ2v) is 11.5. The van der Waals surface area contributed by atoms with E-state index in [4.69, 9.17) is 9.47 Å². The molecule has 262 valence electrons. The fourth-order valence-corrected chi connectivity index (χ4v) is 5.34. The number of hydrogen-bond acceptors (Lipinski definition) is 7. The monoisotopic (exact) mass is 699 g/mol. The molecule has 1 aliphatic carbocycles. The van der Waals surface area contributed by atoms with Crippen LogP contribution in [0.3, 0.4) is 0 Å². The molecule has 0 bridgehead atoms. The number of benzene rings is 3. The molecule has 1 heterocycles. The molecule has 0 spiro atoms. The van der Waals surface area contributed by atoms with Crippen molar-refractivity contribution in [2.45, 2.75) is 32.0 Å². The Kier molecular flexibility index (Phi) is 11.3. The highest BCUT2D eigenvalue weighted by molar-refractivity contribution is 5.96. The molecule has 1 aromatic heterocycles. The number of alkyl halides is 3. The number of esters is 1. The number of nitrogens with zero attached hydrogens (tertiary/aromatic N) is 2. The average Bonchev–Trinajstić information content (AvgIpc) is 3.12. The van der Waals surface area contributed by atoms with Gasteiger partial charge in [0, 0.05) is 29.6 Å². The van der Waals surface area contributed by atoms with Crippen molar-refractivity contribution in [3.05, 3.63) is 137 Å². The summed E-state index contributed by atoms with van der Waals surface area (Å²) in [6, 6.07) is 22.5. The topological polar surface area (TPSA) is 135 Å². The van der Waals surface area contributed by atoms with E-state index in [1.54, 1.807) is 30.5 Å². The van der Waals surface area contributed by atoms with Crippen LogP contribution in [-0.4, -0.2) is 52.4 Å². The average molecular weight is 700 g/mol. The number of nitrogens with one attached hydrogen (secondary N) is 1. The highest BCUT2D eigenvalue weighted by Crippen LogP contribution is 2.35. The number of rotatable bonds is 12. The number of carbonyl (C=O) groups excluding carboxylic acids is 3. The first-order valence-corrected chi connectivity index (χ1v) is 15.7. The summed E-state index contributed by atoms with van der Waals surface area (Å²) in [4.78, 5) is 55.6. The first kappa shape index (κ1) is 36.1. The van der Waals surface area contributed by atoms with Gasteiger partial charge in [0.15, 0.2) is 0 Å². The third-order valence-corrected chi connectivity index (χ3v) is 7.90. The van der Waals surface area contributed by atoms with Gasteiger partial charge in [0.05, 0.1) is 19.1 Å². The van der Waals surface area contributed by atoms with Crippen LogP contribution >= 0.6 is 0 Å². The van der Waals surface area contributed by atoms with E-state index >= 15 is 0 Å². The van der Waals surface area contributed by atoms with Gasteiger partial charge in [-0.15, -0.1) is 0 Å². The molecule has 0 saturated heterocycles. The van der Waals surface area contributed by atoms with Gasteiger partial charge in [0.25, 0.3) is 5.91 Å². The molecule has 2 N–H and O–H groups in total. The SMILES string of the molecule is COc1ccc(CC(=O)NC2=CC=C(C(=O)N(CC(=O)O)Cc3ccc(OC(=O)c4ccc(-c5ccccc5)cn4)cc3)CC2)c(C(F)(F)F)c1. The van der Waals surface area contributed by atoms with Crippen molar-refractivity contribution in [2.75, 3.05) is 13.7 Å². The Morgan fingerprint density at radius 2 is 1.61 bits per heavy atom. The molecular formula is C38H32F3N3O7. The molecule has 10 nitrogen and oxygen atoms in total. The minimum atomic E-state index is -4.68. The molecular weight excluding hydrogens is 667 g/mol. The second kappa shape index (κ2) is 16.0. The quantitative estimate of drug-likeness (QED) is 0.129. The van der Waals surface area contributed by atoms with Gasteiger partial charge in [-0.3, -0.25) is 14.4 Å². The molecule has 5 rings (SSSR count). The van der Waals surface area contributed by atoms with Crippen molar-refractivity contribution in [3.63, 3.8) is 0 Å². The molecule has 51 heavy (non-hydrogen) atoms. The van der Waals surface area contributed by atoms with Crippen molar-refractivity contribution in [1.82, 2.24) is 15.2 Å². The number of pyridine rings is 1. The molecule has 0 unspecified atom stereocenters. The van der Waals surface area contributed by atoms with Gasteiger partial charge in [-0.2, -0.15) is 13.2 Å². The van der Waals surface area contributed by atoms with Crippen molar-refractivity contribution in [3.8, 4) is 22.6 Å². The standard InChI is InChI=1S/C38H32F3N3O7/c1-50-31-17-11-27(32(20-31)38(39,40)41)19-34(45)43-29-13-9-26(10-14-29)36(48)44(23-35(46)47)22-24-7-15-30(16-8-24)51-37(49)33-18-12-28(21-42-33)25-5-3-2-4-6-25/h2-9,11-13,15-18,20-21H,10,14,19,22-23H2,1H3,(H,43,45)(H,46,47). The van der Waals surface area contributed by atoms with Crippen LogP contribution in [0, 0.1) is 0 Å². The lowest BCUT2D eigenvalue weighted by Gasteiger charge is -2.24. The van der Waals surface area contributed by atoms with E-state index in [1.165, 1.54) is 43.5 Å². The molecule has 13 heteroatoms. The molecule has 3 aromatic carbocycles. The highest BCUT2D eigenvalue weighted by Gasteiger charge is 2.34. The van der Waals surface area contributed by atoms with Crippen LogP contribution in [-0.2, 0) is 33.5 Å². The normalized spacial score (nSPS) is 12.6. The Bertz CT molecular complexity index is 1970. The summed E-state index contributed by atoms with van der Waals surface area (Å²) < 4.78 is 51.0. The number of aromatic nitrogens is 1. The van der Waals surface area contributed by atoms with Gasteiger partial charge in [-0.05, 0) is 65.9 Å². The number of aliphatic carboxylic acids is 1. The zero-order valence-corrected chi connectivity index (χ0v) is 27.3. The third-order valence-electron chi connectivity index (χ3n) is 7.90. The number of ether oxygens (including phenoxy) is 2. The number of halogens is 3. The summed E-state index contributed by atoms with van der Waals surface area (Å²) in [5, 5.41) is 12.1. The number of methoxy groups -OCH3 is 1. The van der Waals surface area contributed by atoms with Gasteiger partial charge in [0.2, 0.25) is 5.91 Å². The summed E-state index contributed by atoms with van der Waals surface area (Å²) in [5.74, 6) is -2.85. The van der Waals surface area contributed by atoms with E-state index in [0.717, 1.165) is 22.1 Å². The Hall–Kier alpha value is -6.24. The molecule has 0 radical (unpaired) electrons. The van der Waals surface area contributed by atoms with E-state index in [-0.39, 0.29) is 42.1 Å². The van der Waals surface area contributed by atoms with E-state index in [0.29, 0.717) is 16.8 Å². The molecule has 0 saturated carbocycles. The minimum Gasteiger partial charge on any atom is -0.497 e. The Morgan fingerprint density at radius 3 is 2.22 bits per heavy atom. The minimum absolute atomic E-state index is 0.0120. The fourth-order valence-electron chi connectivity index (χ4n) is 5.34. The number of hydrogen-bond donors (Lipinski definition) is 2. The largest absolute Gasteiger partial charge is 0.497 e.